The van der Waals surface area contributed by atoms with Gasteiger partial charge in [0.15, 0.2) is 0 Å². The van der Waals surface area contributed by atoms with E-state index < -0.39 is 6.03 Å². The average Bonchev–Trinajstić information content (AvgIpc) is 2.06. The first-order valence-electron chi connectivity index (χ1n) is 3.53. The third-order valence-electron chi connectivity index (χ3n) is 1.46. The van der Waals surface area contributed by atoms with Crippen molar-refractivity contribution < 1.29 is 14.1 Å². The number of pyridine rings is 1. The molecule has 1 rings (SSSR count). The number of primary amides is 1. The number of carbonyl (C=O) groups is 1. The van der Waals surface area contributed by atoms with E-state index in [1.165, 1.54) is 4.57 Å². The number of hydrogen-bond donors (Lipinski definition) is 1. The number of aromatic nitrogens is 1. The van der Waals surface area contributed by atoms with Crippen LogP contribution < -0.4 is 10.3 Å². The molecule has 12 heavy (non-hydrogen) atoms. The summed E-state index contributed by atoms with van der Waals surface area (Å²) in [6, 6.07) is 3.08. The van der Waals surface area contributed by atoms with Gasteiger partial charge in [-0.3, -0.25) is 5.73 Å². The van der Waals surface area contributed by atoms with Crippen molar-refractivity contribution in [1.82, 2.24) is 0 Å². The van der Waals surface area contributed by atoms with Crippen LogP contribution in [0.3, 0.4) is 0 Å². The Morgan fingerprint density at radius 3 is 2.58 bits per heavy atom. The topological polar surface area (TPSA) is 56.2 Å². The number of rotatable bonds is 2. The van der Waals surface area contributed by atoms with Crippen LogP contribution in [0, 0.1) is 0 Å². The van der Waals surface area contributed by atoms with Crippen LogP contribution in [0.1, 0.15) is 5.56 Å². The zero-order valence-corrected chi connectivity index (χ0v) is 6.86. The summed E-state index contributed by atoms with van der Waals surface area (Å²) < 4.78 is 6.21. The van der Waals surface area contributed by atoms with Crippen molar-refractivity contribution >= 4 is 6.03 Å². The summed E-state index contributed by atoms with van der Waals surface area (Å²) in [6.07, 6.45) is 3.22. The van der Waals surface area contributed by atoms with Crippen LogP contribution in [0.5, 0.6) is 0 Å². The molecule has 0 unspecified atom stereocenters. The van der Waals surface area contributed by atoms with Gasteiger partial charge in [0.2, 0.25) is 0 Å². The molecule has 0 saturated heterocycles. The second-order valence-electron chi connectivity index (χ2n) is 2.38. The lowest BCUT2D eigenvalue weighted by molar-refractivity contribution is -0.569. The number of carbonyl (C=O) groups excluding carboxylic acids is 1. The molecule has 64 valence electrons. The van der Waals surface area contributed by atoms with Crippen LogP contribution in [0.2, 0.25) is 0 Å². The number of nitrogens with two attached hydrogens (primary N) is 1. The summed E-state index contributed by atoms with van der Waals surface area (Å²) in [4.78, 5) is 10.6. The van der Waals surface area contributed by atoms with Crippen LogP contribution in [0.25, 0.3) is 0 Å². The van der Waals surface area contributed by atoms with Crippen molar-refractivity contribution in [3.63, 3.8) is 0 Å². The maximum absolute atomic E-state index is 10.6. The fraction of sp³-hybridized carbons (Fsp3) is 0.250. The van der Waals surface area contributed by atoms with Gasteiger partial charge in [0.1, 0.15) is 0 Å². The van der Waals surface area contributed by atoms with E-state index in [-0.39, 0.29) is 0 Å². The number of ether oxygens (including phenoxy) is 1. The summed E-state index contributed by atoms with van der Waals surface area (Å²) in [7, 11) is 1.62. The largest absolute Gasteiger partial charge is 0.493 e. The zero-order chi connectivity index (χ0) is 8.97. The van der Waals surface area contributed by atoms with E-state index in [1.807, 2.05) is 0 Å². The van der Waals surface area contributed by atoms with Gasteiger partial charge in [-0.2, -0.15) is 9.36 Å². The maximum atomic E-state index is 10.6. The molecule has 0 aliphatic heterocycles. The van der Waals surface area contributed by atoms with E-state index in [0.29, 0.717) is 6.61 Å². The van der Waals surface area contributed by atoms with Gasteiger partial charge in [-0.05, 0) is 17.7 Å². The Labute approximate surface area is 70.6 Å². The Balaban J connectivity index is 2.78. The van der Waals surface area contributed by atoms with Gasteiger partial charge in [0, 0.05) is 7.11 Å². The summed E-state index contributed by atoms with van der Waals surface area (Å²) in [6.45, 7) is 0.541. The molecule has 2 N–H and O–H groups in total. The molecule has 0 atom stereocenters. The second kappa shape index (κ2) is 3.82. The molecule has 1 amide bonds. The molecule has 0 fully saturated rings. The molecule has 0 spiro atoms. The zero-order valence-electron chi connectivity index (χ0n) is 6.86. The molecular weight excluding hydrogens is 156 g/mol. The fourth-order valence-electron chi connectivity index (χ4n) is 0.867. The molecule has 1 aromatic heterocycles. The van der Waals surface area contributed by atoms with Crippen LogP contribution in [0.15, 0.2) is 24.5 Å². The Kier molecular flexibility index (Phi) is 2.76. The van der Waals surface area contributed by atoms with Crippen molar-refractivity contribution in [1.29, 1.82) is 0 Å². The van der Waals surface area contributed by atoms with Crippen molar-refractivity contribution in [2.75, 3.05) is 7.11 Å². The van der Waals surface area contributed by atoms with Crippen LogP contribution in [0.4, 0.5) is 4.79 Å². The Morgan fingerprint density at radius 2 is 2.17 bits per heavy atom. The minimum absolute atomic E-state index is 0.487. The highest BCUT2D eigenvalue weighted by Crippen LogP contribution is 1.95. The van der Waals surface area contributed by atoms with Gasteiger partial charge in [0.25, 0.3) is 0 Å². The van der Waals surface area contributed by atoms with Crippen molar-refractivity contribution in [3.05, 3.63) is 30.1 Å². The smallest absolute Gasteiger partial charge is 0.380 e. The molecule has 0 saturated carbocycles. The molecule has 4 heteroatoms. The van der Waals surface area contributed by atoms with Crippen LogP contribution in [-0.4, -0.2) is 13.1 Å². The van der Waals surface area contributed by atoms with E-state index in [9.17, 15) is 4.79 Å². The maximum Gasteiger partial charge on any atom is 0.493 e. The van der Waals surface area contributed by atoms with Crippen molar-refractivity contribution in [2.45, 2.75) is 6.61 Å². The lowest BCUT2D eigenvalue weighted by Crippen LogP contribution is -2.46. The Hall–Kier alpha value is -1.42. The van der Waals surface area contributed by atoms with Gasteiger partial charge in [-0.25, -0.2) is 0 Å². The first kappa shape index (κ1) is 8.67. The Bertz CT molecular complexity index is 269. The Morgan fingerprint density at radius 1 is 1.58 bits per heavy atom. The summed E-state index contributed by atoms with van der Waals surface area (Å²) in [5.74, 6) is 0. The minimum Gasteiger partial charge on any atom is -0.380 e. The molecule has 0 bridgehead atoms. The van der Waals surface area contributed by atoms with E-state index in [1.54, 1.807) is 31.6 Å². The SMILES string of the molecule is COCc1cc[n+](C(N)=O)cc1. The highest BCUT2D eigenvalue weighted by molar-refractivity contribution is 5.61. The van der Waals surface area contributed by atoms with Gasteiger partial charge in [-0.15, -0.1) is 0 Å². The molecular formula is C8H11N2O2+. The van der Waals surface area contributed by atoms with Gasteiger partial charge >= 0.3 is 6.03 Å². The van der Waals surface area contributed by atoms with E-state index in [2.05, 4.69) is 0 Å². The number of amides is 1. The summed E-state index contributed by atoms with van der Waals surface area (Å²) in [5, 5.41) is 0. The number of methoxy groups -OCH3 is 1. The van der Waals surface area contributed by atoms with E-state index >= 15 is 0 Å². The highest BCUT2D eigenvalue weighted by atomic mass is 16.5. The molecule has 0 aliphatic rings. The lowest BCUT2D eigenvalue weighted by atomic mass is 10.3. The summed E-state index contributed by atoms with van der Waals surface area (Å²) in [5.41, 5.74) is 6.04. The lowest BCUT2D eigenvalue weighted by Gasteiger charge is -1.97. The third kappa shape index (κ3) is 2.03. The van der Waals surface area contributed by atoms with Crippen LogP contribution >= 0.6 is 0 Å². The predicted octanol–water partition coefficient (Wildman–Crippen LogP) is 0.0473. The standard InChI is InChI=1S/C8H10N2O2/c1-12-6-7-2-4-10(5-3-7)8(9)11/h2-5H,6H2,1H3,(H-,9,11)/p+1. The summed E-state index contributed by atoms with van der Waals surface area (Å²) >= 11 is 0. The molecule has 0 radical (unpaired) electrons. The number of nitrogens with zero attached hydrogens (tertiary/aromatic N) is 1. The van der Waals surface area contributed by atoms with Crippen molar-refractivity contribution in [2.24, 2.45) is 5.73 Å². The quantitative estimate of drug-likeness (QED) is 0.632. The van der Waals surface area contributed by atoms with E-state index in [4.69, 9.17) is 10.5 Å². The third-order valence-corrected chi connectivity index (χ3v) is 1.46. The van der Waals surface area contributed by atoms with Gasteiger partial charge in [0.05, 0.1) is 19.0 Å². The predicted molar refractivity (Wildman–Crippen MR) is 42.3 cm³/mol. The minimum atomic E-state index is -0.487. The number of hydrogen-bond acceptors (Lipinski definition) is 2. The molecule has 0 aromatic carbocycles. The first-order chi connectivity index (χ1) is 5.74. The monoisotopic (exact) mass is 167 g/mol. The normalized spacial score (nSPS) is 9.75. The van der Waals surface area contributed by atoms with Gasteiger partial charge < -0.3 is 4.74 Å². The highest BCUT2D eigenvalue weighted by Gasteiger charge is 2.03. The molecule has 1 aromatic rings. The van der Waals surface area contributed by atoms with Crippen molar-refractivity contribution in [3.8, 4) is 0 Å². The second-order valence-corrected chi connectivity index (χ2v) is 2.38. The molecule has 4 nitrogen and oxygen atoms in total. The van der Waals surface area contributed by atoms with E-state index in [0.717, 1.165) is 5.56 Å². The van der Waals surface area contributed by atoms with Gasteiger partial charge in [-0.1, -0.05) is 0 Å². The molecule has 1 heterocycles. The fourth-order valence-corrected chi connectivity index (χ4v) is 0.867. The average molecular weight is 167 g/mol. The van der Waals surface area contributed by atoms with Crippen LogP contribution in [-0.2, 0) is 11.3 Å². The first-order valence-corrected chi connectivity index (χ1v) is 3.53. The molecule has 0 aliphatic carbocycles.